The summed E-state index contributed by atoms with van der Waals surface area (Å²) in [6.07, 6.45) is 6.61. The molecule has 1 aliphatic rings. The SMILES string of the molecule is CC(C)(C)[Si](C)(C)O[C@@H](C=O)[C@@H](O[Si](C)(C)C(C)(C)C)C1CCCCC1. The van der Waals surface area contributed by atoms with E-state index in [4.69, 9.17) is 8.85 Å². The van der Waals surface area contributed by atoms with E-state index in [1.165, 1.54) is 19.3 Å². The molecule has 1 saturated carbocycles. The fourth-order valence-corrected chi connectivity index (χ4v) is 5.68. The summed E-state index contributed by atoms with van der Waals surface area (Å²) in [6, 6.07) is 0. The molecule has 1 fully saturated rings. The summed E-state index contributed by atoms with van der Waals surface area (Å²) >= 11 is 0. The van der Waals surface area contributed by atoms with Crippen molar-refractivity contribution < 1.29 is 13.6 Å². The third kappa shape index (κ3) is 6.01. The Morgan fingerprint density at radius 2 is 1.23 bits per heavy atom. The second-order valence-electron chi connectivity index (χ2n) is 11.2. The largest absolute Gasteiger partial charge is 0.411 e. The smallest absolute Gasteiger partial charge is 0.193 e. The van der Waals surface area contributed by atoms with Gasteiger partial charge >= 0.3 is 0 Å². The van der Waals surface area contributed by atoms with Gasteiger partial charge in [-0.25, -0.2) is 0 Å². The highest BCUT2D eigenvalue weighted by Crippen LogP contribution is 2.42. The number of aldehydes is 1. The van der Waals surface area contributed by atoms with Crippen LogP contribution in [0.4, 0.5) is 0 Å². The van der Waals surface area contributed by atoms with E-state index in [2.05, 4.69) is 67.7 Å². The molecule has 0 radical (unpaired) electrons. The van der Waals surface area contributed by atoms with Crippen molar-refractivity contribution in [2.24, 2.45) is 5.92 Å². The highest BCUT2D eigenvalue weighted by molar-refractivity contribution is 6.74. The lowest BCUT2D eigenvalue weighted by Crippen LogP contribution is -2.54. The Morgan fingerprint density at radius 1 is 0.808 bits per heavy atom. The summed E-state index contributed by atoms with van der Waals surface area (Å²) < 4.78 is 13.5. The highest BCUT2D eigenvalue weighted by Gasteiger charge is 2.46. The van der Waals surface area contributed by atoms with Crippen LogP contribution >= 0.6 is 0 Å². The van der Waals surface area contributed by atoms with Crippen LogP contribution in [0.25, 0.3) is 0 Å². The van der Waals surface area contributed by atoms with Gasteiger partial charge in [0.25, 0.3) is 0 Å². The van der Waals surface area contributed by atoms with Crippen LogP contribution in [-0.4, -0.2) is 35.1 Å². The minimum atomic E-state index is -2.03. The van der Waals surface area contributed by atoms with Crippen molar-refractivity contribution >= 4 is 22.9 Å². The van der Waals surface area contributed by atoms with Gasteiger partial charge in [0.2, 0.25) is 0 Å². The van der Waals surface area contributed by atoms with Gasteiger partial charge in [0.15, 0.2) is 16.6 Å². The molecule has 0 spiro atoms. The van der Waals surface area contributed by atoms with Crippen LogP contribution in [0.2, 0.25) is 36.3 Å². The van der Waals surface area contributed by atoms with Gasteiger partial charge in [0, 0.05) is 0 Å². The van der Waals surface area contributed by atoms with E-state index in [9.17, 15) is 4.79 Å². The van der Waals surface area contributed by atoms with Gasteiger partial charge in [0.1, 0.15) is 12.4 Å². The number of hydrogen-bond donors (Lipinski definition) is 0. The third-order valence-corrected chi connectivity index (χ3v) is 16.0. The third-order valence-electron chi connectivity index (χ3n) is 7.05. The summed E-state index contributed by atoms with van der Waals surface area (Å²) in [5.41, 5.74) is 0. The normalized spacial score (nSPS) is 20.7. The van der Waals surface area contributed by atoms with E-state index in [0.29, 0.717) is 5.92 Å². The maximum Gasteiger partial charge on any atom is 0.193 e. The Kier molecular flexibility index (Phi) is 7.94. The first-order valence-electron chi connectivity index (χ1n) is 10.4. The molecule has 0 aromatic rings. The minimum absolute atomic E-state index is 0.0857. The van der Waals surface area contributed by atoms with Crippen molar-refractivity contribution in [3.8, 4) is 0 Å². The lowest BCUT2D eigenvalue weighted by atomic mass is 9.83. The number of carbonyl (C=O) groups is 1. The lowest BCUT2D eigenvalue weighted by molar-refractivity contribution is -0.121. The molecule has 154 valence electrons. The molecule has 0 aromatic heterocycles. The molecule has 26 heavy (non-hydrogen) atoms. The van der Waals surface area contributed by atoms with Gasteiger partial charge in [-0.15, -0.1) is 0 Å². The zero-order valence-corrected chi connectivity index (χ0v) is 21.1. The lowest BCUT2D eigenvalue weighted by Gasteiger charge is -2.46. The predicted octanol–water partition coefficient (Wildman–Crippen LogP) is 6.55. The van der Waals surface area contributed by atoms with E-state index in [0.717, 1.165) is 19.1 Å². The van der Waals surface area contributed by atoms with Crippen molar-refractivity contribution in [3.63, 3.8) is 0 Å². The number of rotatable bonds is 7. The van der Waals surface area contributed by atoms with E-state index in [1.807, 2.05) is 0 Å². The fraction of sp³-hybridized carbons (Fsp3) is 0.952. The van der Waals surface area contributed by atoms with Crippen LogP contribution < -0.4 is 0 Å². The van der Waals surface area contributed by atoms with Crippen LogP contribution in [0, 0.1) is 5.92 Å². The minimum Gasteiger partial charge on any atom is -0.411 e. The Bertz CT molecular complexity index is 455. The first-order chi connectivity index (χ1) is 11.6. The van der Waals surface area contributed by atoms with Gasteiger partial charge in [-0.3, -0.25) is 0 Å². The van der Waals surface area contributed by atoms with Crippen LogP contribution in [0.5, 0.6) is 0 Å². The monoisotopic (exact) mass is 400 g/mol. The van der Waals surface area contributed by atoms with Crippen LogP contribution in [0.15, 0.2) is 0 Å². The molecule has 0 N–H and O–H groups in total. The summed E-state index contributed by atoms with van der Waals surface area (Å²) in [4.78, 5) is 12.2. The van der Waals surface area contributed by atoms with Crippen LogP contribution in [0.3, 0.4) is 0 Å². The van der Waals surface area contributed by atoms with E-state index < -0.39 is 22.7 Å². The molecule has 0 bridgehead atoms. The number of carbonyl (C=O) groups excluding carboxylic acids is 1. The first kappa shape index (κ1) is 24.1. The molecular weight excluding hydrogens is 356 g/mol. The molecule has 3 nitrogen and oxygen atoms in total. The average Bonchev–Trinajstić information content (AvgIpc) is 2.49. The Hall–Kier alpha value is 0.0238. The van der Waals surface area contributed by atoms with Gasteiger partial charge in [-0.05, 0) is 55.0 Å². The Labute approximate surface area is 164 Å². The topological polar surface area (TPSA) is 35.5 Å². The maximum atomic E-state index is 12.2. The van der Waals surface area contributed by atoms with Crippen molar-refractivity contribution in [2.45, 2.75) is 122 Å². The van der Waals surface area contributed by atoms with Crippen molar-refractivity contribution in [1.29, 1.82) is 0 Å². The van der Waals surface area contributed by atoms with Gasteiger partial charge < -0.3 is 13.6 Å². The summed E-state index contributed by atoms with van der Waals surface area (Å²) in [5.74, 6) is 0.442. The fourth-order valence-electron chi connectivity index (χ4n) is 3.10. The first-order valence-corrected chi connectivity index (χ1v) is 16.2. The molecule has 0 saturated heterocycles. The molecule has 0 aromatic carbocycles. The van der Waals surface area contributed by atoms with Gasteiger partial charge in [0.05, 0.1) is 6.10 Å². The summed E-state index contributed by atoms with van der Waals surface area (Å²) in [5, 5.41) is 0.215. The quantitative estimate of drug-likeness (QED) is 0.359. The zero-order valence-electron chi connectivity index (χ0n) is 19.1. The second-order valence-corrected chi connectivity index (χ2v) is 20.7. The second kappa shape index (κ2) is 8.58. The maximum absolute atomic E-state index is 12.2. The predicted molar refractivity (Wildman–Crippen MR) is 117 cm³/mol. The zero-order chi connectivity index (χ0) is 20.4. The van der Waals surface area contributed by atoms with E-state index >= 15 is 0 Å². The summed E-state index contributed by atoms with van der Waals surface area (Å²) in [7, 11) is -4.01. The van der Waals surface area contributed by atoms with Gasteiger partial charge in [-0.1, -0.05) is 60.8 Å². The molecule has 0 unspecified atom stereocenters. The Morgan fingerprint density at radius 3 is 1.62 bits per heavy atom. The number of hydrogen-bond acceptors (Lipinski definition) is 3. The molecule has 0 aliphatic heterocycles. The molecule has 0 heterocycles. The molecule has 5 heteroatoms. The van der Waals surface area contributed by atoms with E-state index in [1.54, 1.807) is 0 Å². The Balaban J connectivity index is 3.14. The van der Waals surface area contributed by atoms with Crippen LogP contribution in [-0.2, 0) is 13.6 Å². The highest BCUT2D eigenvalue weighted by atomic mass is 28.4. The van der Waals surface area contributed by atoms with E-state index in [-0.39, 0.29) is 16.2 Å². The molecule has 1 aliphatic carbocycles. The summed E-state index contributed by atoms with van der Waals surface area (Å²) in [6.45, 7) is 22.5. The van der Waals surface area contributed by atoms with Crippen molar-refractivity contribution in [2.75, 3.05) is 0 Å². The molecular formula is C21H44O3Si2. The molecule has 2 atom stereocenters. The molecule has 1 rings (SSSR count). The van der Waals surface area contributed by atoms with Crippen LogP contribution in [0.1, 0.15) is 73.6 Å². The van der Waals surface area contributed by atoms with Gasteiger partial charge in [-0.2, -0.15) is 0 Å². The average molecular weight is 401 g/mol. The molecule has 0 amide bonds. The van der Waals surface area contributed by atoms with Crippen molar-refractivity contribution in [1.82, 2.24) is 0 Å². The van der Waals surface area contributed by atoms with Crippen molar-refractivity contribution in [3.05, 3.63) is 0 Å². The standard InChI is InChI=1S/C21H44O3Si2/c1-20(2,3)25(7,8)23-18(16-22)19(17-14-12-11-13-15-17)24-26(9,10)21(4,5)6/h16-19H,11-15H2,1-10H3/t18-,19-/m0/s1.